The number of benzene rings is 1. The average molecular weight is 326 g/mol. The summed E-state index contributed by atoms with van der Waals surface area (Å²) in [5.41, 5.74) is 4.39. The molecular weight excluding hydrogens is 320 g/mol. The highest BCUT2D eigenvalue weighted by atomic mass is 127. The predicted octanol–water partition coefficient (Wildman–Crippen LogP) is 2.64. The molecule has 0 bridgehead atoms. The van der Waals surface area contributed by atoms with E-state index >= 15 is 0 Å². The maximum Gasteiger partial charge on any atom is 0.417 e. The summed E-state index contributed by atoms with van der Waals surface area (Å²) in [7, 11) is 0. The van der Waals surface area contributed by atoms with Crippen molar-refractivity contribution >= 4 is 22.6 Å². The highest BCUT2D eigenvalue weighted by molar-refractivity contribution is 14.1. The third-order valence-corrected chi connectivity index (χ3v) is 2.84. The van der Waals surface area contributed by atoms with Crippen LogP contribution in [0.15, 0.2) is 12.1 Å². The van der Waals surface area contributed by atoms with Crippen molar-refractivity contribution < 1.29 is 13.2 Å². The summed E-state index contributed by atoms with van der Waals surface area (Å²) in [6, 6.07) is 3.66. The molecule has 0 spiro atoms. The van der Waals surface area contributed by atoms with E-state index in [1.54, 1.807) is 0 Å². The Morgan fingerprint density at radius 2 is 2.00 bits per heavy atom. The minimum atomic E-state index is -4.51. The number of hydrogen-bond acceptors (Lipinski definition) is 2. The van der Waals surface area contributed by atoms with Gasteiger partial charge < -0.3 is 5.73 Å². The molecule has 0 radical (unpaired) electrons. The predicted molar refractivity (Wildman–Crippen MR) is 56.8 cm³/mol. The van der Waals surface area contributed by atoms with Crippen LogP contribution in [-0.4, -0.2) is 0 Å². The van der Waals surface area contributed by atoms with Crippen LogP contribution in [0, 0.1) is 14.9 Å². The molecule has 0 amide bonds. The van der Waals surface area contributed by atoms with E-state index in [1.807, 2.05) is 22.6 Å². The molecule has 2 nitrogen and oxygen atoms in total. The second-order valence-electron chi connectivity index (χ2n) is 2.80. The van der Waals surface area contributed by atoms with Gasteiger partial charge in [-0.3, -0.25) is 0 Å². The van der Waals surface area contributed by atoms with Gasteiger partial charge in [-0.1, -0.05) is 0 Å². The lowest BCUT2D eigenvalue weighted by Gasteiger charge is -2.11. The zero-order valence-electron chi connectivity index (χ0n) is 7.40. The molecule has 2 N–H and O–H groups in total. The van der Waals surface area contributed by atoms with E-state index in [2.05, 4.69) is 0 Å². The van der Waals surface area contributed by atoms with Crippen molar-refractivity contribution in [1.82, 2.24) is 0 Å². The molecule has 0 aromatic heterocycles. The maximum absolute atomic E-state index is 12.5. The fraction of sp³-hybridized carbons (Fsp3) is 0.222. The molecule has 1 rings (SSSR count). The van der Waals surface area contributed by atoms with Gasteiger partial charge in [0.25, 0.3) is 0 Å². The number of alkyl halides is 3. The largest absolute Gasteiger partial charge is 0.417 e. The first-order chi connectivity index (χ1) is 6.90. The van der Waals surface area contributed by atoms with Crippen LogP contribution in [0.4, 0.5) is 13.2 Å². The first kappa shape index (κ1) is 12.3. The molecule has 1 aromatic carbocycles. The van der Waals surface area contributed by atoms with Gasteiger partial charge in [0.1, 0.15) is 0 Å². The van der Waals surface area contributed by atoms with Gasteiger partial charge in [-0.2, -0.15) is 18.4 Å². The monoisotopic (exact) mass is 326 g/mol. The van der Waals surface area contributed by atoms with Crippen LogP contribution >= 0.6 is 22.6 Å². The molecule has 6 heteroatoms. The Kier molecular flexibility index (Phi) is 3.57. The highest BCUT2D eigenvalue weighted by Crippen LogP contribution is 2.33. The molecule has 15 heavy (non-hydrogen) atoms. The topological polar surface area (TPSA) is 49.8 Å². The van der Waals surface area contributed by atoms with Crippen molar-refractivity contribution in [2.24, 2.45) is 5.73 Å². The lowest BCUT2D eigenvalue weighted by Crippen LogP contribution is -2.11. The lowest BCUT2D eigenvalue weighted by molar-refractivity contribution is -0.137. The van der Waals surface area contributed by atoms with E-state index in [-0.39, 0.29) is 12.1 Å². The molecule has 0 saturated heterocycles. The van der Waals surface area contributed by atoms with E-state index in [0.717, 1.165) is 6.07 Å². The van der Waals surface area contributed by atoms with E-state index in [1.165, 1.54) is 12.1 Å². The Labute approximate surface area is 98.0 Å². The van der Waals surface area contributed by atoms with Gasteiger partial charge in [-0.05, 0) is 40.3 Å². The van der Waals surface area contributed by atoms with Crippen LogP contribution in [0.25, 0.3) is 0 Å². The Morgan fingerprint density at radius 3 is 2.40 bits per heavy atom. The van der Waals surface area contributed by atoms with Gasteiger partial charge in [0.2, 0.25) is 0 Å². The number of halogens is 4. The van der Waals surface area contributed by atoms with Crippen molar-refractivity contribution in [3.63, 3.8) is 0 Å². The van der Waals surface area contributed by atoms with Gasteiger partial charge in [-0.15, -0.1) is 0 Å². The summed E-state index contributed by atoms with van der Waals surface area (Å²) in [6.07, 6.45) is -4.51. The molecule has 0 unspecified atom stereocenters. The second kappa shape index (κ2) is 4.37. The van der Waals surface area contributed by atoms with Crippen molar-refractivity contribution in [1.29, 1.82) is 5.26 Å². The van der Waals surface area contributed by atoms with Crippen LogP contribution in [-0.2, 0) is 12.7 Å². The summed E-state index contributed by atoms with van der Waals surface area (Å²) in [6.45, 7) is 0.0209. The zero-order valence-corrected chi connectivity index (χ0v) is 9.56. The fourth-order valence-electron chi connectivity index (χ4n) is 1.10. The Hall–Kier alpha value is -0.810. The quantitative estimate of drug-likeness (QED) is 0.807. The lowest BCUT2D eigenvalue weighted by atomic mass is 10.0. The van der Waals surface area contributed by atoms with Gasteiger partial charge in [0.05, 0.1) is 17.2 Å². The number of nitrogens with two attached hydrogens (primary N) is 1. The number of hydrogen-bond donors (Lipinski definition) is 1. The van der Waals surface area contributed by atoms with Gasteiger partial charge in [0.15, 0.2) is 0 Å². The number of nitrogens with zero attached hydrogens (tertiary/aromatic N) is 1. The maximum atomic E-state index is 12.5. The molecular formula is C9H6F3IN2. The van der Waals surface area contributed by atoms with Crippen LogP contribution in [0.5, 0.6) is 0 Å². The Balaban J connectivity index is 3.44. The Morgan fingerprint density at radius 1 is 1.40 bits per heavy atom. The fourth-order valence-corrected chi connectivity index (χ4v) is 1.79. The van der Waals surface area contributed by atoms with Crippen LogP contribution in [0.3, 0.4) is 0 Å². The first-order valence-corrected chi connectivity index (χ1v) is 4.97. The second-order valence-corrected chi connectivity index (χ2v) is 3.97. The molecule has 0 fully saturated rings. The minimum Gasteiger partial charge on any atom is -0.326 e. The van der Waals surface area contributed by atoms with Crippen molar-refractivity contribution in [3.8, 4) is 6.07 Å². The molecule has 80 valence electrons. The summed E-state index contributed by atoms with van der Waals surface area (Å²) in [5, 5.41) is 8.59. The summed E-state index contributed by atoms with van der Waals surface area (Å²) >= 11 is 1.86. The smallest absolute Gasteiger partial charge is 0.326 e. The highest BCUT2D eigenvalue weighted by Gasteiger charge is 2.34. The van der Waals surface area contributed by atoms with Crippen molar-refractivity contribution in [2.45, 2.75) is 12.7 Å². The third kappa shape index (κ3) is 2.60. The van der Waals surface area contributed by atoms with E-state index in [4.69, 9.17) is 11.0 Å². The van der Waals surface area contributed by atoms with Crippen LogP contribution in [0.2, 0.25) is 0 Å². The zero-order chi connectivity index (χ0) is 11.6. The van der Waals surface area contributed by atoms with Gasteiger partial charge in [-0.25, -0.2) is 0 Å². The van der Waals surface area contributed by atoms with E-state index in [9.17, 15) is 13.2 Å². The normalized spacial score (nSPS) is 11.2. The average Bonchev–Trinajstić information content (AvgIpc) is 2.15. The van der Waals surface area contributed by atoms with Gasteiger partial charge in [0, 0.05) is 10.1 Å². The molecule has 0 saturated carbocycles. The number of nitriles is 1. The standard InChI is InChI=1S/C9H6F3IN2/c10-9(11,12)7-1-6(4-15)8(13)2-5(7)3-14/h1-2H,4,15H2. The first-order valence-electron chi connectivity index (χ1n) is 3.90. The summed E-state index contributed by atoms with van der Waals surface area (Å²) < 4.78 is 38.0. The third-order valence-electron chi connectivity index (χ3n) is 1.83. The van der Waals surface area contributed by atoms with Crippen LogP contribution < -0.4 is 5.73 Å². The number of rotatable bonds is 1. The molecule has 0 atom stereocenters. The van der Waals surface area contributed by atoms with Gasteiger partial charge >= 0.3 is 6.18 Å². The molecule has 0 aliphatic heterocycles. The SMILES string of the molecule is N#Cc1cc(I)c(CN)cc1C(F)(F)F. The van der Waals surface area contributed by atoms with Crippen molar-refractivity contribution in [3.05, 3.63) is 32.4 Å². The molecule has 0 heterocycles. The molecule has 0 aliphatic carbocycles. The van der Waals surface area contributed by atoms with E-state index in [0.29, 0.717) is 9.13 Å². The summed E-state index contributed by atoms with van der Waals surface area (Å²) in [5.74, 6) is 0. The van der Waals surface area contributed by atoms with Crippen LogP contribution in [0.1, 0.15) is 16.7 Å². The Bertz CT molecular complexity index is 421. The summed E-state index contributed by atoms with van der Waals surface area (Å²) in [4.78, 5) is 0. The molecule has 0 aliphatic rings. The van der Waals surface area contributed by atoms with E-state index < -0.39 is 11.7 Å². The minimum absolute atomic E-state index is 0.0209. The van der Waals surface area contributed by atoms with Crippen molar-refractivity contribution in [2.75, 3.05) is 0 Å². The molecule has 1 aromatic rings.